The van der Waals surface area contributed by atoms with Crippen molar-refractivity contribution in [2.75, 3.05) is 7.11 Å². The first-order valence-corrected chi connectivity index (χ1v) is 8.69. The van der Waals surface area contributed by atoms with Gasteiger partial charge in [0.05, 0.1) is 12.1 Å². The predicted octanol–water partition coefficient (Wildman–Crippen LogP) is 4.04. The molecule has 0 saturated heterocycles. The molecule has 0 fully saturated rings. The van der Waals surface area contributed by atoms with Gasteiger partial charge in [-0.05, 0) is 31.2 Å². The number of rotatable bonds is 5. The molecule has 0 aliphatic rings. The van der Waals surface area contributed by atoms with Crippen molar-refractivity contribution in [3.63, 3.8) is 0 Å². The molecule has 0 aliphatic heterocycles. The fourth-order valence-corrected chi connectivity index (χ4v) is 4.05. The predicted molar refractivity (Wildman–Crippen MR) is 88.2 cm³/mol. The average molecular weight is 360 g/mol. The van der Waals surface area contributed by atoms with Crippen LogP contribution in [0.25, 0.3) is 0 Å². The molecule has 0 unspecified atom stereocenters. The molecule has 2 aromatic rings. The van der Waals surface area contributed by atoms with E-state index in [0.717, 1.165) is 5.56 Å². The second-order valence-corrected chi connectivity index (χ2v) is 7.19. The van der Waals surface area contributed by atoms with Gasteiger partial charge in [0.1, 0.15) is 10.6 Å². The van der Waals surface area contributed by atoms with Crippen molar-refractivity contribution in [1.82, 2.24) is 4.72 Å². The lowest BCUT2D eigenvalue weighted by molar-refractivity contribution is 0.405. The summed E-state index contributed by atoms with van der Waals surface area (Å²) in [6.07, 6.45) is 0. The SMILES string of the molecule is COc1ccccc1[C@@H](C)NS(=O)(=O)c1cc(Cl)ccc1Cl. The zero-order chi connectivity index (χ0) is 16.3. The van der Waals surface area contributed by atoms with E-state index in [4.69, 9.17) is 27.9 Å². The van der Waals surface area contributed by atoms with E-state index in [1.165, 1.54) is 25.3 Å². The number of para-hydroxylation sites is 1. The number of nitrogens with one attached hydrogen (secondary N) is 1. The minimum Gasteiger partial charge on any atom is -0.496 e. The topological polar surface area (TPSA) is 55.4 Å². The fourth-order valence-electron chi connectivity index (χ4n) is 2.07. The van der Waals surface area contributed by atoms with E-state index in [1.54, 1.807) is 19.1 Å². The average Bonchev–Trinajstić information content (AvgIpc) is 2.49. The van der Waals surface area contributed by atoms with Crippen LogP contribution in [0.1, 0.15) is 18.5 Å². The van der Waals surface area contributed by atoms with Crippen LogP contribution in [0, 0.1) is 0 Å². The maximum absolute atomic E-state index is 12.5. The molecule has 0 saturated carbocycles. The first-order chi connectivity index (χ1) is 10.3. The first-order valence-electron chi connectivity index (χ1n) is 6.45. The van der Waals surface area contributed by atoms with Crippen LogP contribution in [-0.4, -0.2) is 15.5 Å². The van der Waals surface area contributed by atoms with Gasteiger partial charge in [-0.1, -0.05) is 41.4 Å². The number of sulfonamides is 1. The molecule has 0 aliphatic carbocycles. The molecule has 2 rings (SSSR count). The second kappa shape index (κ2) is 6.87. The van der Waals surface area contributed by atoms with Crippen LogP contribution in [0.5, 0.6) is 5.75 Å². The Morgan fingerprint density at radius 2 is 1.82 bits per heavy atom. The summed E-state index contributed by atoms with van der Waals surface area (Å²) in [5, 5.41) is 0.416. The molecule has 22 heavy (non-hydrogen) atoms. The van der Waals surface area contributed by atoms with E-state index in [-0.39, 0.29) is 9.92 Å². The van der Waals surface area contributed by atoms with Gasteiger partial charge in [0, 0.05) is 16.6 Å². The molecule has 7 heteroatoms. The Balaban J connectivity index is 2.34. The lowest BCUT2D eigenvalue weighted by atomic mass is 10.1. The van der Waals surface area contributed by atoms with Crippen molar-refractivity contribution in [3.8, 4) is 5.75 Å². The Bertz CT molecular complexity index is 778. The quantitative estimate of drug-likeness (QED) is 0.876. The number of benzene rings is 2. The fraction of sp³-hybridized carbons (Fsp3) is 0.200. The molecule has 1 atom stereocenters. The molecule has 2 aromatic carbocycles. The number of halogens is 2. The molecular formula is C15H15Cl2NO3S. The molecule has 0 radical (unpaired) electrons. The molecule has 0 bridgehead atoms. The smallest absolute Gasteiger partial charge is 0.242 e. The first kappa shape index (κ1) is 17.1. The number of hydrogen-bond acceptors (Lipinski definition) is 3. The van der Waals surface area contributed by atoms with Gasteiger partial charge in [0.25, 0.3) is 0 Å². The third kappa shape index (κ3) is 3.73. The summed E-state index contributed by atoms with van der Waals surface area (Å²) in [7, 11) is -2.27. The Morgan fingerprint density at radius 1 is 1.14 bits per heavy atom. The number of hydrogen-bond donors (Lipinski definition) is 1. The lowest BCUT2D eigenvalue weighted by Gasteiger charge is -2.18. The van der Waals surface area contributed by atoms with Gasteiger partial charge < -0.3 is 4.74 Å². The van der Waals surface area contributed by atoms with Crippen LogP contribution in [0.3, 0.4) is 0 Å². The molecule has 0 heterocycles. The zero-order valence-electron chi connectivity index (χ0n) is 12.0. The molecule has 4 nitrogen and oxygen atoms in total. The van der Waals surface area contributed by atoms with Gasteiger partial charge in [0.15, 0.2) is 0 Å². The number of ether oxygens (including phenoxy) is 1. The van der Waals surface area contributed by atoms with E-state index in [1.807, 2.05) is 12.1 Å². The van der Waals surface area contributed by atoms with Gasteiger partial charge in [-0.2, -0.15) is 0 Å². The summed E-state index contributed by atoms with van der Waals surface area (Å²) in [4.78, 5) is -0.0524. The molecule has 0 aromatic heterocycles. The normalized spacial score (nSPS) is 12.9. The van der Waals surface area contributed by atoms with Crippen molar-refractivity contribution < 1.29 is 13.2 Å². The summed E-state index contributed by atoms with van der Waals surface area (Å²) >= 11 is 11.8. The van der Waals surface area contributed by atoms with Crippen LogP contribution in [0.4, 0.5) is 0 Å². The van der Waals surface area contributed by atoms with Crippen molar-refractivity contribution in [2.45, 2.75) is 17.9 Å². The summed E-state index contributed by atoms with van der Waals surface area (Å²) in [5.74, 6) is 0.606. The van der Waals surface area contributed by atoms with Crippen molar-refractivity contribution in [3.05, 3.63) is 58.1 Å². The van der Waals surface area contributed by atoms with Crippen LogP contribution < -0.4 is 9.46 Å². The van der Waals surface area contributed by atoms with Crippen LogP contribution in [0.2, 0.25) is 10.0 Å². The Morgan fingerprint density at radius 3 is 2.50 bits per heavy atom. The van der Waals surface area contributed by atoms with Gasteiger partial charge in [-0.25, -0.2) is 13.1 Å². The molecule has 0 amide bonds. The summed E-state index contributed by atoms with van der Waals surface area (Å²) in [6, 6.07) is 11.0. The standard InChI is InChI=1S/C15H15Cl2NO3S/c1-10(12-5-3-4-6-14(12)21-2)18-22(19,20)15-9-11(16)7-8-13(15)17/h3-10,18H,1-2H3/t10-/m1/s1. The molecule has 118 valence electrons. The molecule has 1 N–H and O–H groups in total. The van der Waals surface area contributed by atoms with E-state index >= 15 is 0 Å². The van der Waals surface area contributed by atoms with E-state index < -0.39 is 16.1 Å². The maximum Gasteiger partial charge on any atom is 0.242 e. The highest BCUT2D eigenvalue weighted by molar-refractivity contribution is 7.89. The van der Waals surface area contributed by atoms with Crippen molar-refractivity contribution in [2.24, 2.45) is 0 Å². The van der Waals surface area contributed by atoms with Gasteiger partial charge >= 0.3 is 0 Å². The summed E-state index contributed by atoms with van der Waals surface area (Å²) in [5.41, 5.74) is 0.728. The zero-order valence-corrected chi connectivity index (χ0v) is 14.3. The van der Waals surface area contributed by atoms with E-state index in [2.05, 4.69) is 4.72 Å². The van der Waals surface area contributed by atoms with E-state index in [9.17, 15) is 8.42 Å². The van der Waals surface area contributed by atoms with Crippen LogP contribution in [-0.2, 0) is 10.0 Å². The van der Waals surface area contributed by atoms with Crippen molar-refractivity contribution >= 4 is 33.2 Å². The van der Waals surface area contributed by atoms with Gasteiger partial charge in [0.2, 0.25) is 10.0 Å². The largest absolute Gasteiger partial charge is 0.496 e. The second-order valence-electron chi connectivity index (χ2n) is 4.66. The van der Waals surface area contributed by atoms with E-state index in [0.29, 0.717) is 10.8 Å². The molecule has 0 spiro atoms. The Kier molecular flexibility index (Phi) is 5.34. The van der Waals surface area contributed by atoms with Gasteiger partial charge in [-0.3, -0.25) is 0 Å². The lowest BCUT2D eigenvalue weighted by Crippen LogP contribution is -2.27. The maximum atomic E-state index is 12.5. The third-order valence-electron chi connectivity index (χ3n) is 3.12. The highest BCUT2D eigenvalue weighted by atomic mass is 35.5. The highest BCUT2D eigenvalue weighted by Gasteiger charge is 2.23. The minimum atomic E-state index is -3.81. The minimum absolute atomic E-state index is 0.0524. The monoisotopic (exact) mass is 359 g/mol. The number of methoxy groups -OCH3 is 1. The Hall–Kier alpha value is -1.27. The summed E-state index contributed by atoms with van der Waals surface area (Å²) < 4.78 is 32.8. The third-order valence-corrected chi connectivity index (χ3v) is 5.38. The highest BCUT2D eigenvalue weighted by Crippen LogP contribution is 2.29. The molecular weight excluding hydrogens is 345 g/mol. The summed E-state index contributed by atoms with van der Waals surface area (Å²) in [6.45, 7) is 1.73. The van der Waals surface area contributed by atoms with Gasteiger partial charge in [-0.15, -0.1) is 0 Å². The van der Waals surface area contributed by atoms with Crippen LogP contribution in [0.15, 0.2) is 47.4 Å². The van der Waals surface area contributed by atoms with Crippen molar-refractivity contribution in [1.29, 1.82) is 0 Å². The Labute approximate surface area is 140 Å². The van der Waals surface area contributed by atoms with Crippen LogP contribution >= 0.6 is 23.2 Å².